The minimum absolute atomic E-state index is 0.0335. The van der Waals surface area contributed by atoms with Crippen molar-refractivity contribution in [3.05, 3.63) is 62.8 Å². The van der Waals surface area contributed by atoms with E-state index in [0.717, 1.165) is 30.3 Å². The van der Waals surface area contributed by atoms with E-state index in [2.05, 4.69) is 5.32 Å². The van der Waals surface area contributed by atoms with Gasteiger partial charge >= 0.3 is 5.69 Å². The minimum Gasteiger partial charge on any atom is -0.497 e. The zero-order chi connectivity index (χ0) is 26.5. The maximum Gasteiger partial charge on any atom is 0.331 e. The summed E-state index contributed by atoms with van der Waals surface area (Å²) in [4.78, 5) is 52.6. The predicted octanol–water partition coefficient (Wildman–Crippen LogP) is 2.52. The van der Waals surface area contributed by atoms with Crippen LogP contribution < -0.4 is 30.8 Å². The monoisotopic (exact) mass is 509 g/mol. The molecule has 0 radical (unpaired) electrons. The predicted molar refractivity (Wildman–Crippen MR) is 138 cm³/mol. The number of fused-ring (bicyclic) bond motifs is 1. The molecule has 1 aliphatic rings. The van der Waals surface area contributed by atoms with E-state index in [-0.39, 0.29) is 48.1 Å². The smallest absolute Gasteiger partial charge is 0.331 e. The van der Waals surface area contributed by atoms with Crippen LogP contribution in [-0.4, -0.2) is 48.2 Å². The summed E-state index contributed by atoms with van der Waals surface area (Å²) in [5, 5.41) is 3.15. The molecule has 0 spiro atoms. The van der Waals surface area contributed by atoms with Crippen molar-refractivity contribution >= 4 is 22.6 Å². The maximum absolute atomic E-state index is 13.6. The Morgan fingerprint density at radius 3 is 2.32 bits per heavy atom. The molecule has 1 amide bonds. The van der Waals surface area contributed by atoms with Gasteiger partial charge in [-0.1, -0.05) is 25.0 Å². The molecule has 2 aromatic carbocycles. The lowest BCUT2D eigenvalue weighted by atomic mass is 10.1. The van der Waals surface area contributed by atoms with E-state index in [1.807, 2.05) is 0 Å². The fourth-order valence-electron chi connectivity index (χ4n) is 4.71. The summed E-state index contributed by atoms with van der Waals surface area (Å²) in [5.41, 5.74) is -0.668. The van der Waals surface area contributed by atoms with Crippen molar-refractivity contribution in [2.75, 3.05) is 21.3 Å². The number of amides is 1. The standard InChI is InChI=1S/C27H31N3O7/c1-35-19-10-6-7-17(13-19)22(31)16-30-21-15-24(37-3)23(36-2)14-20(21)26(33)29(27(30)34)12-11-25(32)28-18-8-4-5-9-18/h6-7,10,13-15,18H,4-5,8-9,11-12,16H2,1-3H3,(H,28,32). The summed E-state index contributed by atoms with van der Waals surface area (Å²) in [6, 6.07) is 9.74. The normalized spacial score (nSPS) is 13.5. The van der Waals surface area contributed by atoms with Crippen LogP contribution in [0.3, 0.4) is 0 Å². The first kappa shape index (κ1) is 26.0. The second-order valence-electron chi connectivity index (χ2n) is 9.00. The molecule has 1 saturated carbocycles. The molecule has 196 valence electrons. The Labute approximate surface area is 213 Å². The maximum atomic E-state index is 13.6. The van der Waals surface area contributed by atoms with Crippen molar-refractivity contribution in [1.29, 1.82) is 0 Å². The molecule has 4 rings (SSSR count). The lowest BCUT2D eigenvalue weighted by Crippen LogP contribution is -2.42. The topological polar surface area (TPSA) is 118 Å². The summed E-state index contributed by atoms with van der Waals surface area (Å²) in [6.45, 7) is -0.444. The highest BCUT2D eigenvalue weighted by Gasteiger charge is 2.21. The van der Waals surface area contributed by atoms with Gasteiger partial charge < -0.3 is 19.5 Å². The van der Waals surface area contributed by atoms with E-state index in [1.54, 1.807) is 24.3 Å². The van der Waals surface area contributed by atoms with E-state index in [0.29, 0.717) is 22.8 Å². The van der Waals surface area contributed by atoms with Gasteiger partial charge in [0.1, 0.15) is 5.75 Å². The zero-order valence-electron chi connectivity index (χ0n) is 21.2. The van der Waals surface area contributed by atoms with Gasteiger partial charge in [-0.3, -0.25) is 23.5 Å². The number of methoxy groups -OCH3 is 3. The quantitative estimate of drug-likeness (QED) is 0.417. The molecule has 1 heterocycles. The number of carbonyl (C=O) groups excluding carboxylic acids is 2. The second-order valence-corrected chi connectivity index (χ2v) is 9.00. The van der Waals surface area contributed by atoms with Crippen molar-refractivity contribution in [3.8, 4) is 17.2 Å². The lowest BCUT2D eigenvalue weighted by molar-refractivity contribution is -0.122. The first-order chi connectivity index (χ1) is 17.9. The molecule has 1 aliphatic carbocycles. The largest absolute Gasteiger partial charge is 0.497 e. The number of benzene rings is 2. The number of aromatic nitrogens is 2. The Kier molecular flexibility index (Phi) is 7.95. The molecule has 0 aliphatic heterocycles. The van der Waals surface area contributed by atoms with Gasteiger partial charge in [-0.25, -0.2) is 4.79 Å². The first-order valence-corrected chi connectivity index (χ1v) is 12.2. The molecule has 1 fully saturated rings. The van der Waals surface area contributed by atoms with Crippen LogP contribution in [0.4, 0.5) is 0 Å². The van der Waals surface area contributed by atoms with Crippen molar-refractivity contribution in [2.24, 2.45) is 0 Å². The Hall–Kier alpha value is -4.08. The molecule has 37 heavy (non-hydrogen) atoms. The Bertz CT molecular complexity index is 1430. The van der Waals surface area contributed by atoms with Crippen LogP contribution in [0.2, 0.25) is 0 Å². The van der Waals surface area contributed by atoms with Crippen LogP contribution in [0.1, 0.15) is 42.5 Å². The van der Waals surface area contributed by atoms with Crippen LogP contribution in [0, 0.1) is 0 Å². The molecular weight excluding hydrogens is 478 g/mol. The SMILES string of the molecule is COc1cccc(C(=O)Cn2c(=O)n(CCC(=O)NC3CCCC3)c(=O)c3cc(OC)c(OC)cc32)c1. The van der Waals surface area contributed by atoms with E-state index < -0.39 is 11.2 Å². The van der Waals surface area contributed by atoms with Gasteiger partial charge in [0.25, 0.3) is 5.56 Å². The average molecular weight is 510 g/mol. The first-order valence-electron chi connectivity index (χ1n) is 12.2. The number of hydrogen-bond donors (Lipinski definition) is 1. The molecular formula is C27H31N3O7. The minimum atomic E-state index is -0.686. The van der Waals surface area contributed by atoms with Gasteiger partial charge in [-0.05, 0) is 31.0 Å². The number of carbonyl (C=O) groups is 2. The third-order valence-electron chi connectivity index (χ3n) is 6.71. The highest BCUT2D eigenvalue weighted by molar-refractivity contribution is 5.97. The molecule has 0 saturated heterocycles. The molecule has 0 atom stereocenters. The Balaban J connectivity index is 1.75. The van der Waals surface area contributed by atoms with Gasteiger partial charge in [0.05, 0.1) is 38.8 Å². The molecule has 3 aromatic rings. The fourth-order valence-corrected chi connectivity index (χ4v) is 4.71. The van der Waals surface area contributed by atoms with Crippen LogP contribution in [0.5, 0.6) is 17.2 Å². The molecule has 0 bridgehead atoms. The third kappa shape index (κ3) is 5.52. The Morgan fingerprint density at radius 2 is 1.65 bits per heavy atom. The third-order valence-corrected chi connectivity index (χ3v) is 6.71. The van der Waals surface area contributed by atoms with Gasteiger partial charge in [0, 0.05) is 30.6 Å². The van der Waals surface area contributed by atoms with E-state index in [4.69, 9.17) is 14.2 Å². The highest BCUT2D eigenvalue weighted by atomic mass is 16.5. The number of nitrogens with one attached hydrogen (secondary N) is 1. The zero-order valence-corrected chi connectivity index (χ0v) is 21.2. The number of rotatable bonds is 10. The van der Waals surface area contributed by atoms with Gasteiger partial charge in [0.15, 0.2) is 17.3 Å². The Morgan fingerprint density at radius 1 is 0.946 bits per heavy atom. The van der Waals surface area contributed by atoms with E-state index >= 15 is 0 Å². The number of hydrogen-bond acceptors (Lipinski definition) is 7. The lowest BCUT2D eigenvalue weighted by Gasteiger charge is -2.17. The number of ketones is 1. The van der Waals surface area contributed by atoms with Crippen molar-refractivity contribution in [2.45, 2.75) is 51.2 Å². The molecule has 1 N–H and O–H groups in total. The van der Waals surface area contributed by atoms with E-state index in [1.165, 1.54) is 38.0 Å². The number of ether oxygens (including phenoxy) is 3. The van der Waals surface area contributed by atoms with Crippen molar-refractivity contribution in [3.63, 3.8) is 0 Å². The summed E-state index contributed by atoms with van der Waals surface area (Å²) < 4.78 is 18.2. The van der Waals surface area contributed by atoms with Gasteiger partial charge in [0.2, 0.25) is 5.91 Å². The average Bonchev–Trinajstić information content (AvgIpc) is 3.43. The number of Topliss-reactive ketones (excluding diaryl/α,β-unsaturated/α-hetero) is 1. The van der Waals surface area contributed by atoms with Crippen LogP contribution in [0.15, 0.2) is 46.0 Å². The van der Waals surface area contributed by atoms with Crippen LogP contribution in [0.25, 0.3) is 10.9 Å². The summed E-state index contributed by atoms with van der Waals surface area (Å²) in [7, 11) is 4.38. The van der Waals surface area contributed by atoms with E-state index in [9.17, 15) is 19.2 Å². The van der Waals surface area contributed by atoms with Crippen LogP contribution >= 0.6 is 0 Å². The van der Waals surface area contributed by atoms with Gasteiger partial charge in [-0.2, -0.15) is 0 Å². The summed E-state index contributed by atoms with van der Waals surface area (Å²) >= 11 is 0. The second kappa shape index (κ2) is 11.3. The van der Waals surface area contributed by atoms with Crippen LogP contribution in [-0.2, 0) is 17.9 Å². The molecule has 10 heteroatoms. The number of nitrogens with zero attached hydrogens (tertiary/aromatic N) is 2. The van der Waals surface area contributed by atoms with Crippen molar-refractivity contribution in [1.82, 2.24) is 14.5 Å². The molecule has 10 nitrogen and oxygen atoms in total. The highest BCUT2D eigenvalue weighted by Crippen LogP contribution is 2.30. The summed E-state index contributed by atoms with van der Waals surface area (Å²) in [6.07, 6.45) is 3.98. The van der Waals surface area contributed by atoms with Crippen molar-refractivity contribution < 1.29 is 23.8 Å². The molecule has 1 aromatic heterocycles. The van der Waals surface area contributed by atoms with Gasteiger partial charge in [-0.15, -0.1) is 0 Å². The molecule has 0 unspecified atom stereocenters. The fraction of sp³-hybridized carbons (Fsp3) is 0.407. The summed E-state index contributed by atoms with van der Waals surface area (Å²) in [5.74, 6) is 0.561.